The van der Waals surface area contributed by atoms with Crippen LogP contribution in [0.1, 0.15) is 0 Å². The average molecular weight is 139 g/mol. The van der Waals surface area contributed by atoms with Crippen molar-refractivity contribution in [2.24, 2.45) is 5.73 Å². The predicted octanol–water partition coefficient (Wildman–Crippen LogP) is 0.788. The maximum Gasteiger partial charge on any atom is 0.128 e. The normalized spacial score (nSPS) is 6.43. The summed E-state index contributed by atoms with van der Waals surface area (Å²) in [6.45, 7) is 3.27. The first kappa shape index (κ1) is 9.97. The first-order chi connectivity index (χ1) is 2.64. The molecule has 0 rings (SSSR count). The fourth-order valence-electron chi connectivity index (χ4n) is 0. The lowest BCUT2D eigenvalue weighted by atomic mass is 10.6. The van der Waals surface area contributed by atoms with Gasteiger partial charge in [0.25, 0.3) is 0 Å². The van der Waals surface area contributed by atoms with Crippen molar-refractivity contribution in [3.63, 3.8) is 0 Å². The van der Waals surface area contributed by atoms with Gasteiger partial charge in [-0.05, 0) is 0 Å². The quantitative estimate of drug-likeness (QED) is 0.280. The minimum Gasteiger partial charge on any atom is -0.383 e. The molecule has 0 bridgehead atoms. The molecule has 0 aromatic heterocycles. The standard InChI is InChI=1S/C3H6N2S.ClH/c1-2(6)3(4)5;/h6H,1H2,(H3,4,5);1H. The van der Waals surface area contributed by atoms with Crippen LogP contribution in [-0.2, 0) is 0 Å². The molecule has 0 aliphatic rings. The van der Waals surface area contributed by atoms with Crippen LogP contribution < -0.4 is 5.73 Å². The zero-order valence-electron chi connectivity index (χ0n) is 3.64. The van der Waals surface area contributed by atoms with E-state index in [0.717, 1.165) is 0 Å². The fraction of sp³-hybridized carbons (Fsp3) is 0. The maximum atomic E-state index is 6.55. The molecule has 0 radical (unpaired) electrons. The van der Waals surface area contributed by atoms with Gasteiger partial charge >= 0.3 is 0 Å². The van der Waals surface area contributed by atoms with Gasteiger partial charge in [-0.1, -0.05) is 6.58 Å². The Kier molecular flexibility index (Phi) is 5.72. The lowest BCUT2D eigenvalue weighted by molar-refractivity contribution is 1.46. The summed E-state index contributed by atoms with van der Waals surface area (Å²) in [6.07, 6.45) is 0. The van der Waals surface area contributed by atoms with Gasteiger partial charge in [0.2, 0.25) is 0 Å². The summed E-state index contributed by atoms with van der Waals surface area (Å²) in [4.78, 5) is 0.315. The summed E-state index contributed by atoms with van der Waals surface area (Å²) in [7, 11) is 0. The summed E-state index contributed by atoms with van der Waals surface area (Å²) in [5.41, 5.74) is 4.84. The topological polar surface area (TPSA) is 49.9 Å². The first-order valence-electron chi connectivity index (χ1n) is 1.37. The van der Waals surface area contributed by atoms with Gasteiger partial charge in [-0.3, -0.25) is 5.41 Å². The van der Waals surface area contributed by atoms with E-state index in [-0.39, 0.29) is 18.2 Å². The van der Waals surface area contributed by atoms with Crippen molar-refractivity contribution in [2.45, 2.75) is 0 Å². The number of hydrogen-bond donors (Lipinski definition) is 3. The molecule has 0 saturated carbocycles. The molecule has 0 unspecified atom stereocenters. The summed E-state index contributed by atoms with van der Waals surface area (Å²) in [5.74, 6) is -0.0710. The van der Waals surface area contributed by atoms with Crippen LogP contribution >= 0.6 is 25.0 Å². The van der Waals surface area contributed by atoms with E-state index >= 15 is 0 Å². The number of nitrogens with one attached hydrogen (secondary N) is 1. The van der Waals surface area contributed by atoms with E-state index in [2.05, 4.69) is 19.2 Å². The number of nitrogens with two attached hydrogens (primary N) is 1. The Balaban J connectivity index is 0. The number of halogens is 1. The monoisotopic (exact) mass is 138 g/mol. The Morgan fingerprint density at radius 1 is 1.71 bits per heavy atom. The van der Waals surface area contributed by atoms with E-state index < -0.39 is 0 Å². The Morgan fingerprint density at radius 2 is 1.86 bits per heavy atom. The number of hydrogen-bond acceptors (Lipinski definition) is 2. The fourth-order valence-corrected chi connectivity index (χ4v) is 0. The van der Waals surface area contributed by atoms with Gasteiger partial charge < -0.3 is 5.73 Å². The minimum absolute atomic E-state index is 0. The minimum atomic E-state index is -0.0710. The number of amidine groups is 1. The summed E-state index contributed by atoms with van der Waals surface area (Å²) < 4.78 is 0. The van der Waals surface area contributed by atoms with Gasteiger partial charge in [-0.15, -0.1) is 25.0 Å². The molecular weight excluding hydrogens is 132 g/mol. The molecule has 0 spiro atoms. The molecule has 0 fully saturated rings. The van der Waals surface area contributed by atoms with Crippen molar-refractivity contribution in [1.29, 1.82) is 5.41 Å². The third-order valence-electron chi connectivity index (χ3n) is 0.311. The maximum absolute atomic E-state index is 6.55. The number of thiol groups is 1. The zero-order chi connectivity index (χ0) is 5.15. The van der Waals surface area contributed by atoms with Gasteiger partial charge in [-0.2, -0.15) is 0 Å². The Morgan fingerprint density at radius 3 is 1.86 bits per heavy atom. The molecule has 0 aromatic rings. The lowest BCUT2D eigenvalue weighted by Crippen LogP contribution is -2.07. The largest absolute Gasteiger partial charge is 0.383 e. The van der Waals surface area contributed by atoms with Crippen LogP contribution in [0.5, 0.6) is 0 Å². The van der Waals surface area contributed by atoms with E-state index in [1.54, 1.807) is 0 Å². The molecule has 0 atom stereocenters. The van der Waals surface area contributed by atoms with E-state index in [1.165, 1.54) is 0 Å². The molecule has 0 aliphatic heterocycles. The lowest BCUT2D eigenvalue weighted by Gasteiger charge is -1.85. The van der Waals surface area contributed by atoms with Crippen LogP contribution in [-0.4, -0.2) is 5.84 Å². The van der Waals surface area contributed by atoms with E-state index in [1.807, 2.05) is 0 Å². The van der Waals surface area contributed by atoms with Crippen molar-refractivity contribution in [1.82, 2.24) is 0 Å². The van der Waals surface area contributed by atoms with Gasteiger partial charge in [-0.25, -0.2) is 0 Å². The van der Waals surface area contributed by atoms with Crippen molar-refractivity contribution in [3.8, 4) is 0 Å². The highest BCUT2D eigenvalue weighted by atomic mass is 35.5. The molecule has 0 saturated heterocycles. The van der Waals surface area contributed by atoms with Gasteiger partial charge in [0.05, 0.1) is 0 Å². The van der Waals surface area contributed by atoms with Gasteiger partial charge in [0, 0.05) is 4.91 Å². The van der Waals surface area contributed by atoms with Crippen LogP contribution in [0.3, 0.4) is 0 Å². The SMILES string of the molecule is C=C(S)C(=N)N.Cl. The second-order valence-corrected chi connectivity index (χ2v) is 1.40. The van der Waals surface area contributed by atoms with E-state index in [9.17, 15) is 0 Å². The highest BCUT2D eigenvalue weighted by molar-refractivity contribution is 7.85. The predicted molar refractivity (Wildman–Crippen MR) is 37.3 cm³/mol. The zero-order valence-corrected chi connectivity index (χ0v) is 5.35. The van der Waals surface area contributed by atoms with Crippen LogP contribution in [0, 0.1) is 5.41 Å². The second-order valence-electron chi connectivity index (χ2n) is 0.860. The molecule has 3 N–H and O–H groups in total. The highest BCUT2D eigenvalue weighted by Gasteiger charge is 1.82. The summed E-state index contributed by atoms with van der Waals surface area (Å²) in [5, 5.41) is 6.55. The Hall–Kier alpha value is -0.150. The molecule has 0 amide bonds. The van der Waals surface area contributed by atoms with Crippen LogP contribution in [0.2, 0.25) is 0 Å². The third-order valence-corrected chi connectivity index (χ3v) is 0.552. The molecule has 42 valence electrons. The molecule has 7 heavy (non-hydrogen) atoms. The summed E-state index contributed by atoms with van der Waals surface area (Å²) in [6, 6.07) is 0. The molecular formula is C3H7ClN2S. The van der Waals surface area contributed by atoms with Crippen LogP contribution in [0.4, 0.5) is 0 Å². The molecule has 4 heteroatoms. The number of rotatable bonds is 1. The highest BCUT2D eigenvalue weighted by Crippen LogP contribution is 1.89. The molecule has 0 aliphatic carbocycles. The van der Waals surface area contributed by atoms with E-state index in [4.69, 9.17) is 11.1 Å². The van der Waals surface area contributed by atoms with Crippen molar-refractivity contribution < 1.29 is 0 Å². The smallest absolute Gasteiger partial charge is 0.128 e. The van der Waals surface area contributed by atoms with E-state index in [0.29, 0.717) is 4.91 Å². The van der Waals surface area contributed by atoms with Gasteiger partial charge in [0.1, 0.15) is 5.84 Å². The molecule has 0 heterocycles. The van der Waals surface area contributed by atoms with Crippen LogP contribution in [0.15, 0.2) is 11.5 Å². The van der Waals surface area contributed by atoms with Crippen LogP contribution in [0.25, 0.3) is 0 Å². The second kappa shape index (κ2) is 4.02. The Bertz CT molecular complexity index is 78.9. The molecule has 0 aromatic carbocycles. The van der Waals surface area contributed by atoms with Gasteiger partial charge in [0.15, 0.2) is 0 Å². The third kappa shape index (κ3) is 5.85. The average Bonchev–Trinajstić information content (AvgIpc) is 1.36. The summed E-state index contributed by atoms with van der Waals surface area (Å²) >= 11 is 3.65. The van der Waals surface area contributed by atoms with Crippen molar-refractivity contribution in [3.05, 3.63) is 11.5 Å². The first-order valence-corrected chi connectivity index (χ1v) is 1.81. The Labute approximate surface area is 54.1 Å². The molecule has 2 nitrogen and oxygen atoms in total. The van der Waals surface area contributed by atoms with Crippen molar-refractivity contribution in [2.75, 3.05) is 0 Å². The van der Waals surface area contributed by atoms with Crippen molar-refractivity contribution >= 4 is 30.9 Å².